The van der Waals surface area contributed by atoms with E-state index >= 15 is 0 Å². The molecule has 1 N–H and O–H groups in total. The number of sulfonamides is 1. The van der Waals surface area contributed by atoms with Crippen LogP contribution in [0.5, 0.6) is 0 Å². The number of amides is 1. The molecule has 0 spiro atoms. The molecular formula is C23H38N4O3S. The van der Waals surface area contributed by atoms with Crippen LogP contribution in [0.4, 0.5) is 0 Å². The van der Waals surface area contributed by atoms with Gasteiger partial charge < -0.3 is 15.1 Å². The maximum absolute atomic E-state index is 13.5. The summed E-state index contributed by atoms with van der Waals surface area (Å²) in [6.45, 7) is 12.6. The molecule has 0 saturated carbocycles. The van der Waals surface area contributed by atoms with Gasteiger partial charge in [0.05, 0.1) is 4.90 Å². The molecule has 8 heteroatoms. The topological polar surface area (TPSA) is 73.0 Å². The van der Waals surface area contributed by atoms with E-state index in [4.69, 9.17) is 0 Å². The van der Waals surface area contributed by atoms with Crippen LogP contribution >= 0.6 is 0 Å². The summed E-state index contributed by atoms with van der Waals surface area (Å²) < 4.78 is 28.6. The number of nitrogens with one attached hydrogen (secondary N) is 1. The fraction of sp³-hybridized carbons (Fsp3) is 0.696. The van der Waals surface area contributed by atoms with Crippen LogP contribution in [0.1, 0.15) is 32.3 Å². The van der Waals surface area contributed by atoms with Crippen molar-refractivity contribution in [2.45, 2.75) is 38.5 Å². The highest BCUT2D eigenvalue weighted by atomic mass is 32.2. The van der Waals surface area contributed by atoms with Gasteiger partial charge in [0.1, 0.15) is 0 Å². The summed E-state index contributed by atoms with van der Waals surface area (Å²) >= 11 is 0. The number of piperazine rings is 1. The Hall–Kier alpha value is -1.48. The number of carbonyl (C=O) groups excluding carboxylic acids is 1. The Morgan fingerprint density at radius 1 is 1.10 bits per heavy atom. The summed E-state index contributed by atoms with van der Waals surface area (Å²) in [5.74, 6) is 1.28. The van der Waals surface area contributed by atoms with E-state index in [2.05, 4.69) is 24.1 Å². The van der Waals surface area contributed by atoms with Crippen LogP contribution in [0.3, 0.4) is 0 Å². The van der Waals surface area contributed by atoms with E-state index < -0.39 is 10.0 Å². The van der Waals surface area contributed by atoms with E-state index in [1.54, 1.807) is 12.1 Å². The van der Waals surface area contributed by atoms with Crippen molar-refractivity contribution in [2.24, 2.45) is 11.8 Å². The molecule has 1 amide bonds. The summed E-state index contributed by atoms with van der Waals surface area (Å²) in [5.41, 5.74) is 0.737. The van der Waals surface area contributed by atoms with Crippen molar-refractivity contribution >= 4 is 15.9 Å². The molecular weight excluding hydrogens is 412 g/mol. The van der Waals surface area contributed by atoms with Gasteiger partial charge in [0.2, 0.25) is 15.9 Å². The van der Waals surface area contributed by atoms with Gasteiger partial charge in [-0.15, -0.1) is 0 Å². The minimum Gasteiger partial charge on any atom is -0.340 e. The monoisotopic (exact) mass is 450 g/mol. The Kier molecular flexibility index (Phi) is 8.50. The van der Waals surface area contributed by atoms with E-state index in [-0.39, 0.29) is 18.9 Å². The number of hydrogen-bond donors (Lipinski definition) is 1. The van der Waals surface area contributed by atoms with Gasteiger partial charge in [-0.1, -0.05) is 32.0 Å². The zero-order valence-electron chi connectivity index (χ0n) is 19.2. The lowest BCUT2D eigenvalue weighted by atomic mass is 9.92. The average Bonchev–Trinajstić information content (AvgIpc) is 2.73. The molecule has 2 atom stereocenters. The van der Waals surface area contributed by atoms with Crippen LogP contribution in [0.2, 0.25) is 0 Å². The molecule has 0 unspecified atom stereocenters. The van der Waals surface area contributed by atoms with Crippen LogP contribution in [-0.2, 0) is 14.8 Å². The van der Waals surface area contributed by atoms with Crippen LogP contribution in [-0.4, -0.2) is 87.3 Å². The first kappa shape index (κ1) is 24.2. The smallest absolute Gasteiger partial charge is 0.243 e. The Labute approximate surface area is 187 Å². The molecule has 31 heavy (non-hydrogen) atoms. The van der Waals surface area contributed by atoms with E-state index in [0.29, 0.717) is 42.9 Å². The third-order valence-electron chi connectivity index (χ3n) is 6.37. The fourth-order valence-electron chi connectivity index (χ4n) is 4.86. The van der Waals surface area contributed by atoms with Crippen LogP contribution in [0.25, 0.3) is 0 Å². The molecule has 2 fully saturated rings. The van der Waals surface area contributed by atoms with Crippen molar-refractivity contribution < 1.29 is 13.2 Å². The van der Waals surface area contributed by atoms with Crippen LogP contribution < -0.4 is 5.32 Å². The number of carbonyl (C=O) groups is 1. The molecule has 3 rings (SSSR count). The van der Waals surface area contributed by atoms with Crippen molar-refractivity contribution in [1.29, 1.82) is 0 Å². The number of rotatable bonds is 8. The lowest BCUT2D eigenvalue weighted by molar-refractivity contribution is -0.131. The zero-order chi connectivity index (χ0) is 22.4. The standard InChI is InChI=1S/C23H38N4O3S/c1-19-16-20(2)18-25(17-19)14-15-27(11-8-23(28)26-12-9-24-10-13-26)31(29,30)22-7-5-4-6-21(22)3/h4-7,19-20,24H,8-18H2,1-3H3/t19-,20-/m0/s1. The zero-order valence-corrected chi connectivity index (χ0v) is 20.0. The lowest BCUT2D eigenvalue weighted by Crippen LogP contribution is -2.48. The third-order valence-corrected chi connectivity index (χ3v) is 8.43. The highest BCUT2D eigenvalue weighted by Crippen LogP contribution is 2.23. The Bertz CT molecular complexity index is 829. The molecule has 7 nitrogen and oxygen atoms in total. The molecule has 174 valence electrons. The summed E-state index contributed by atoms with van der Waals surface area (Å²) in [7, 11) is -3.66. The average molecular weight is 451 g/mol. The van der Waals surface area contributed by atoms with E-state index in [0.717, 1.165) is 31.7 Å². The molecule has 1 aromatic rings. The van der Waals surface area contributed by atoms with Gasteiger partial charge in [-0.05, 0) is 36.8 Å². The van der Waals surface area contributed by atoms with Crippen LogP contribution in [0, 0.1) is 18.8 Å². The minimum atomic E-state index is -3.66. The minimum absolute atomic E-state index is 0.0340. The highest BCUT2D eigenvalue weighted by Gasteiger charge is 2.29. The quantitative estimate of drug-likeness (QED) is 0.654. The van der Waals surface area contributed by atoms with Gasteiger partial charge in [-0.2, -0.15) is 4.31 Å². The second-order valence-electron chi connectivity index (χ2n) is 9.26. The third kappa shape index (κ3) is 6.51. The highest BCUT2D eigenvalue weighted by molar-refractivity contribution is 7.89. The second-order valence-corrected chi connectivity index (χ2v) is 11.2. The summed E-state index contributed by atoms with van der Waals surface area (Å²) in [6.07, 6.45) is 1.44. The SMILES string of the molecule is Cc1ccccc1S(=O)(=O)N(CCC(=O)N1CCNCC1)CCN1C[C@@H](C)C[C@H](C)C1. The largest absolute Gasteiger partial charge is 0.340 e. The molecule has 0 aromatic heterocycles. The molecule has 1 aromatic carbocycles. The van der Waals surface area contributed by atoms with Crippen molar-refractivity contribution in [1.82, 2.24) is 19.4 Å². The Morgan fingerprint density at radius 2 is 1.74 bits per heavy atom. The van der Waals surface area contributed by atoms with Gasteiger partial charge in [-0.3, -0.25) is 4.79 Å². The van der Waals surface area contributed by atoms with Gasteiger partial charge in [0.25, 0.3) is 0 Å². The number of hydrogen-bond acceptors (Lipinski definition) is 5. The van der Waals surface area contributed by atoms with Gasteiger partial charge in [0, 0.05) is 65.3 Å². The van der Waals surface area contributed by atoms with E-state index in [9.17, 15) is 13.2 Å². The van der Waals surface area contributed by atoms with E-state index in [1.165, 1.54) is 10.7 Å². The van der Waals surface area contributed by atoms with Crippen molar-refractivity contribution in [3.05, 3.63) is 29.8 Å². The second kappa shape index (κ2) is 10.9. The van der Waals surface area contributed by atoms with Gasteiger partial charge in [0.15, 0.2) is 0 Å². The molecule has 2 aliphatic rings. The Balaban J connectivity index is 1.71. The molecule has 0 aliphatic carbocycles. The van der Waals surface area contributed by atoms with Crippen molar-refractivity contribution in [2.75, 3.05) is 58.9 Å². The Morgan fingerprint density at radius 3 is 2.39 bits per heavy atom. The molecule has 2 aliphatic heterocycles. The number of benzene rings is 1. The van der Waals surface area contributed by atoms with Crippen molar-refractivity contribution in [3.8, 4) is 0 Å². The maximum atomic E-state index is 13.5. The normalized spacial score (nSPS) is 23.3. The number of piperidine rings is 1. The molecule has 0 radical (unpaired) electrons. The molecule has 0 bridgehead atoms. The maximum Gasteiger partial charge on any atom is 0.243 e. The summed E-state index contributed by atoms with van der Waals surface area (Å²) in [4.78, 5) is 17.2. The molecule has 2 saturated heterocycles. The lowest BCUT2D eigenvalue weighted by Gasteiger charge is -2.36. The molecule has 2 heterocycles. The first-order chi connectivity index (χ1) is 14.8. The fourth-order valence-corrected chi connectivity index (χ4v) is 6.51. The van der Waals surface area contributed by atoms with Crippen LogP contribution in [0.15, 0.2) is 29.2 Å². The first-order valence-corrected chi connectivity index (χ1v) is 13.0. The summed E-state index contributed by atoms with van der Waals surface area (Å²) in [6, 6.07) is 7.10. The van der Waals surface area contributed by atoms with Crippen molar-refractivity contribution in [3.63, 3.8) is 0 Å². The van der Waals surface area contributed by atoms with Gasteiger partial charge in [-0.25, -0.2) is 8.42 Å². The number of likely N-dealkylation sites (tertiary alicyclic amines) is 1. The number of nitrogens with zero attached hydrogens (tertiary/aromatic N) is 3. The van der Waals surface area contributed by atoms with Gasteiger partial charge >= 0.3 is 0 Å². The predicted octanol–water partition coefficient (Wildman–Crippen LogP) is 1.79. The van der Waals surface area contributed by atoms with E-state index in [1.807, 2.05) is 24.0 Å². The number of aryl methyl sites for hydroxylation is 1. The first-order valence-electron chi connectivity index (χ1n) is 11.5. The summed E-state index contributed by atoms with van der Waals surface area (Å²) in [5, 5.41) is 3.24. The predicted molar refractivity (Wildman–Crippen MR) is 123 cm³/mol.